The fourth-order valence-corrected chi connectivity index (χ4v) is 5.11. The molecule has 1 aliphatic carbocycles. The van der Waals surface area contributed by atoms with Crippen molar-refractivity contribution in [2.24, 2.45) is 0 Å². The van der Waals surface area contributed by atoms with E-state index in [0.717, 1.165) is 63.1 Å². The smallest absolute Gasteiger partial charge is 0.287 e. The summed E-state index contributed by atoms with van der Waals surface area (Å²) < 4.78 is 16.1. The van der Waals surface area contributed by atoms with Crippen molar-refractivity contribution in [2.75, 3.05) is 43.4 Å². The number of halogens is 1. The Morgan fingerprint density at radius 1 is 0.970 bits per heavy atom. The lowest BCUT2D eigenvalue weighted by Crippen LogP contribution is -2.44. The zero-order valence-electron chi connectivity index (χ0n) is 19.3. The van der Waals surface area contributed by atoms with Crippen molar-refractivity contribution in [3.05, 3.63) is 58.8 Å². The van der Waals surface area contributed by atoms with Gasteiger partial charge in [0, 0.05) is 61.2 Å². The molecule has 0 radical (unpaired) electrons. The minimum atomic E-state index is -0.700. The molecule has 2 aromatic heterocycles. The van der Waals surface area contributed by atoms with E-state index in [4.69, 9.17) is 0 Å². The lowest BCUT2D eigenvalue weighted by Gasteiger charge is -2.34. The molecule has 174 valence electrons. The summed E-state index contributed by atoms with van der Waals surface area (Å²) in [6, 6.07) is 11.6. The van der Waals surface area contributed by atoms with Gasteiger partial charge in [0.1, 0.15) is 5.82 Å². The van der Waals surface area contributed by atoms with Crippen molar-refractivity contribution in [3.8, 4) is 0 Å². The highest BCUT2D eigenvalue weighted by atomic mass is 19.1. The maximum absolute atomic E-state index is 14.4. The first-order valence-electron chi connectivity index (χ1n) is 12.1. The number of anilines is 3. The number of nitrogens with one attached hydrogen (secondary N) is 1. The number of piperazine rings is 1. The van der Waals surface area contributed by atoms with Crippen LogP contribution in [-0.4, -0.2) is 47.7 Å². The highest BCUT2D eigenvalue weighted by Crippen LogP contribution is 2.30. The van der Waals surface area contributed by atoms with E-state index in [0.29, 0.717) is 11.2 Å². The Bertz CT molecular complexity index is 1160. The van der Waals surface area contributed by atoms with Crippen LogP contribution in [-0.2, 0) is 0 Å². The molecule has 1 N–H and O–H groups in total. The molecule has 1 saturated heterocycles. The van der Waals surface area contributed by atoms with E-state index < -0.39 is 11.4 Å². The van der Waals surface area contributed by atoms with E-state index in [1.807, 2.05) is 6.07 Å². The van der Waals surface area contributed by atoms with Crippen molar-refractivity contribution in [2.45, 2.75) is 44.6 Å². The molecule has 0 unspecified atom stereocenters. The van der Waals surface area contributed by atoms with Crippen molar-refractivity contribution in [1.82, 2.24) is 14.5 Å². The Morgan fingerprint density at radius 3 is 2.36 bits per heavy atom. The monoisotopic (exact) mass is 449 g/mol. The molecule has 1 aromatic carbocycles. The number of aromatic nitrogens is 2. The van der Waals surface area contributed by atoms with Gasteiger partial charge >= 0.3 is 0 Å². The first-order chi connectivity index (χ1) is 16.1. The van der Waals surface area contributed by atoms with Crippen LogP contribution in [0, 0.1) is 5.82 Å². The normalized spacial score (nSPS) is 18.4. The van der Waals surface area contributed by atoms with E-state index in [1.165, 1.54) is 24.6 Å². The lowest BCUT2D eigenvalue weighted by atomic mass is 10.1. The maximum atomic E-state index is 14.4. The van der Waals surface area contributed by atoms with Gasteiger partial charge in [0.2, 0.25) is 0 Å². The van der Waals surface area contributed by atoms with Gasteiger partial charge in [0.05, 0.1) is 5.52 Å². The first kappa shape index (κ1) is 21.9. The maximum Gasteiger partial charge on any atom is 0.287 e. The van der Waals surface area contributed by atoms with Crippen molar-refractivity contribution < 1.29 is 4.39 Å². The lowest BCUT2D eigenvalue weighted by molar-refractivity contribution is 0.313. The summed E-state index contributed by atoms with van der Waals surface area (Å²) in [7, 11) is 2.16. The Hall–Kier alpha value is -2.93. The molecule has 0 amide bonds. The Kier molecular flexibility index (Phi) is 6.31. The summed E-state index contributed by atoms with van der Waals surface area (Å²) in [5, 5.41) is 4.02. The van der Waals surface area contributed by atoms with Crippen LogP contribution in [0.15, 0.2) is 47.4 Å². The molecule has 2 fully saturated rings. The second kappa shape index (κ2) is 9.51. The van der Waals surface area contributed by atoms with Crippen molar-refractivity contribution in [3.63, 3.8) is 0 Å². The van der Waals surface area contributed by atoms with Gasteiger partial charge in [-0.1, -0.05) is 25.7 Å². The SMILES string of the molecule is CN1CCN(c2ccc(Nc3cc4c(cn3)cc(F)c(=O)n4C3CCCCCC3)cc2)CC1. The minimum absolute atomic E-state index is 0.0383. The van der Waals surface area contributed by atoms with Crippen LogP contribution in [0.4, 0.5) is 21.6 Å². The third-order valence-corrected chi connectivity index (χ3v) is 7.07. The second-order valence-corrected chi connectivity index (χ2v) is 9.40. The number of benzene rings is 1. The molecule has 5 rings (SSSR count). The zero-order chi connectivity index (χ0) is 22.8. The van der Waals surface area contributed by atoms with Gasteiger partial charge in [-0.15, -0.1) is 0 Å². The summed E-state index contributed by atoms with van der Waals surface area (Å²) in [6.07, 6.45) is 7.99. The Labute approximate surface area is 194 Å². The molecule has 0 bridgehead atoms. The molecule has 1 aliphatic heterocycles. The molecule has 3 heterocycles. The largest absolute Gasteiger partial charge is 0.369 e. The quantitative estimate of drug-likeness (QED) is 0.573. The van der Waals surface area contributed by atoms with Gasteiger partial charge < -0.3 is 19.7 Å². The third-order valence-electron chi connectivity index (χ3n) is 7.07. The Morgan fingerprint density at radius 2 is 1.67 bits per heavy atom. The van der Waals surface area contributed by atoms with Crippen molar-refractivity contribution >= 4 is 28.1 Å². The van der Waals surface area contributed by atoms with E-state index in [-0.39, 0.29) is 6.04 Å². The highest BCUT2D eigenvalue weighted by molar-refractivity contribution is 5.81. The molecular formula is C26H32FN5O. The molecule has 33 heavy (non-hydrogen) atoms. The summed E-state index contributed by atoms with van der Waals surface area (Å²) >= 11 is 0. The Balaban J connectivity index is 1.41. The predicted molar refractivity (Wildman–Crippen MR) is 132 cm³/mol. The van der Waals surface area contributed by atoms with Crippen LogP contribution in [0.1, 0.15) is 44.6 Å². The van der Waals surface area contributed by atoms with Crippen LogP contribution < -0.4 is 15.8 Å². The van der Waals surface area contributed by atoms with Crippen molar-refractivity contribution in [1.29, 1.82) is 0 Å². The van der Waals surface area contributed by atoms with Gasteiger partial charge in [-0.2, -0.15) is 0 Å². The minimum Gasteiger partial charge on any atom is -0.369 e. The number of fused-ring (bicyclic) bond motifs is 1. The number of hydrogen-bond acceptors (Lipinski definition) is 5. The molecule has 1 saturated carbocycles. The van der Waals surface area contributed by atoms with Crippen LogP contribution >= 0.6 is 0 Å². The third kappa shape index (κ3) is 4.74. The number of hydrogen-bond donors (Lipinski definition) is 1. The van der Waals surface area contributed by atoms with E-state index in [9.17, 15) is 9.18 Å². The number of likely N-dealkylation sites (N-methyl/N-ethyl adjacent to an activating group) is 1. The zero-order valence-corrected chi connectivity index (χ0v) is 19.3. The standard InChI is InChI=1S/C26H32FN5O/c1-30-12-14-31(15-13-30)21-10-8-20(9-11-21)29-25-17-24-19(18-28-25)16-23(27)26(33)32(24)22-6-4-2-3-5-7-22/h8-11,16-18,22H,2-7,12-15H2,1H3,(H,28,29). The van der Waals surface area contributed by atoms with E-state index in [2.05, 4.69) is 51.4 Å². The van der Waals surface area contributed by atoms with Gasteiger partial charge in [-0.3, -0.25) is 4.79 Å². The summed E-state index contributed by atoms with van der Waals surface area (Å²) in [5.74, 6) is -0.0445. The molecule has 0 atom stereocenters. The van der Waals surface area contributed by atoms with Gasteiger partial charge in [-0.25, -0.2) is 9.37 Å². The van der Waals surface area contributed by atoms with Crippen LogP contribution in [0.3, 0.4) is 0 Å². The van der Waals surface area contributed by atoms with Gasteiger partial charge in [-0.05, 0) is 50.2 Å². The summed E-state index contributed by atoms with van der Waals surface area (Å²) in [6.45, 7) is 4.21. The predicted octanol–water partition coefficient (Wildman–Crippen LogP) is 4.93. The molecule has 6 nitrogen and oxygen atoms in total. The summed E-state index contributed by atoms with van der Waals surface area (Å²) in [5.41, 5.74) is 2.38. The summed E-state index contributed by atoms with van der Waals surface area (Å²) in [4.78, 5) is 22.0. The molecular weight excluding hydrogens is 417 g/mol. The fraction of sp³-hybridized carbons (Fsp3) is 0.462. The first-order valence-corrected chi connectivity index (χ1v) is 12.1. The van der Waals surface area contributed by atoms with Crippen LogP contribution in [0.5, 0.6) is 0 Å². The average Bonchev–Trinajstić information content (AvgIpc) is 3.11. The average molecular weight is 450 g/mol. The molecule has 0 spiro atoms. The second-order valence-electron chi connectivity index (χ2n) is 9.40. The number of pyridine rings is 2. The molecule has 7 heteroatoms. The van der Waals surface area contributed by atoms with E-state index >= 15 is 0 Å². The van der Waals surface area contributed by atoms with E-state index in [1.54, 1.807) is 10.8 Å². The number of rotatable bonds is 4. The van der Waals surface area contributed by atoms with Crippen LogP contribution in [0.2, 0.25) is 0 Å². The van der Waals surface area contributed by atoms with Crippen LogP contribution in [0.25, 0.3) is 10.9 Å². The van der Waals surface area contributed by atoms with Gasteiger partial charge in [0.25, 0.3) is 5.56 Å². The number of nitrogens with zero attached hydrogens (tertiary/aromatic N) is 4. The fourth-order valence-electron chi connectivity index (χ4n) is 5.11. The molecule has 3 aromatic rings. The molecule has 2 aliphatic rings. The van der Waals surface area contributed by atoms with Gasteiger partial charge in [0.15, 0.2) is 5.82 Å². The topological polar surface area (TPSA) is 53.4 Å². The highest BCUT2D eigenvalue weighted by Gasteiger charge is 2.20.